The van der Waals surface area contributed by atoms with Crippen molar-refractivity contribution in [3.05, 3.63) is 18.0 Å². The molecule has 3 nitrogen and oxygen atoms in total. The van der Waals surface area contributed by atoms with E-state index in [1.807, 2.05) is 0 Å². The van der Waals surface area contributed by atoms with E-state index in [0.29, 0.717) is 12.0 Å². The van der Waals surface area contributed by atoms with Gasteiger partial charge in [-0.3, -0.25) is 4.68 Å². The molecule has 0 spiro atoms. The van der Waals surface area contributed by atoms with Gasteiger partial charge in [0.05, 0.1) is 17.8 Å². The lowest BCUT2D eigenvalue weighted by Crippen LogP contribution is -2.18. The Hall–Kier alpha value is -0.830. The van der Waals surface area contributed by atoms with Gasteiger partial charge in [-0.15, -0.1) is 0 Å². The second kappa shape index (κ2) is 6.08. The Bertz CT molecular complexity index is 389. The van der Waals surface area contributed by atoms with Crippen LogP contribution in [0.2, 0.25) is 0 Å². The normalized spacial score (nSPS) is 23.2. The van der Waals surface area contributed by atoms with E-state index in [4.69, 9.17) is 5.10 Å². The number of rotatable bonds is 5. The van der Waals surface area contributed by atoms with E-state index in [-0.39, 0.29) is 6.10 Å². The first-order valence-electron chi connectivity index (χ1n) is 8.05. The van der Waals surface area contributed by atoms with Crippen LogP contribution in [0.4, 0.5) is 0 Å². The third kappa shape index (κ3) is 3.19. The fourth-order valence-corrected chi connectivity index (χ4v) is 3.76. The molecule has 1 heterocycles. The minimum atomic E-state index is -0.112. The Morgan fingerprint density at radius 1 is 1.16 bits per heavy atom. The molecule has 1 atom stereocenters. The van der Waals surface area contributed by atoms with Crippen molar-refractivity contribution in [1.29, 1.82) is 0 Å². The highest BCUT2D eigenvalue weighted by atomic mass is 16.3. The molecule has 0 radical (unpaired) electrons. The van der Waals surface area contributed by atoms with Crippen molar-refractivity contribution in [2.45, 2.75) is 76.4 Å². The summed E-state index contributed by atoms with van der Waals surface area (Å²) in [4.78, 5) is 0. The minimum Gasteiger partial charge on any atom is -0.393 e. The van der Waals surface area contributed by atoms with Gasteiger partial charge >= 0.3 is 0 Å². The molecule has 0 bridgehead atoms. The number of aromatic nitrogens is 2. The predicted octanol–water partition coefficient (Wildman–Crippen LogP) is 3.48. The fraction of sp³-hybridized carbons (Fsp3) is 0.812. The minimum absolute atomic E-state index is 0.112. The van der Waals surface area contributed by atoms with Crippen LogP contribution in [0.15, 0.2) is 12.3 Å². The molecule has 1 N–H and O–H groups in total. The van der Waals surface area contributed by atoms with Gasteiger partial charge in [0.25, 0.3) is 0 Å². The first-order valence-corrected chi connectivity index (χ1v) is 8.05. The van der Waals surface area contributed by atoms with Gasteiger partial charge in [-0.05, 0) is 50.5 Å². The second-order valence-electron chi connectivity index (χ2n) is 6.38. The van der Waals surface area contributed by atoms with Crippen molar-refractivity contribution >= 4 is 0 Å². The lowest BCUT2D eigenvalue weighted by Gasteiger charge is -2.16. The van der Waals surface area contributed by atoms with E-state index >= 15 is 0 Å². The average molecular weight is 262 g/mol. The molecule has 19 heavy (non-hydrogen) atoms. The Kier molecular flexibility index (Phi) is 4.21. The molecule has 1 unspecified atom stereocenters. The highest BCUT2D eigenvalue weighted by molar-refractivity contribution is 5.01. The maximum atomic E-state index is 10.2. The second-order valence-corrected chi connectivity index (χ2v) is 6.38. The summed E-state index contributed by atoms with van der Waals surface area (Å²) in [6.07, 6.45) is 14.1. The summed E-state index contributed by atoms with van der Waals surface area (Å²) >= 11 is 0. The maximum Gasteiger partial charge on any atom is 0.0625 e. The number of hydrogen-bond acceptors (Lipinski definition) is 2. The van der Waals surface area contributed by atoms with E-state index in [1.54, 1.807) is 0 Å². The molecule has 3 rings (SSSR count). The molecule has 2 aliphatic carbocycles. The molecule has 2 aliphatic rings. The molecular weight excluding hydrogens is 236 g/mol. The first kappa shape index (κ1) is 13.2. The van der Waals surface area contributed by atoms with Gasteiger partial charge in [-0.2, -0.15) is 5.10 Å². The van der Waals surface area contributed by atoms with Crippen LogP contribution in [0.25, 0.3) is 0 Å². The van der Waals surface area contributed by atoms with Gasteiger partial charge in [0.1, 0.15) is 0 Å². The van der Waals surface area contributed by atoms with Gasteiger partial charge in [0, 0.05) is 6.20 Å². The standard InChI is InChI=1S/C16H26N2O/c19-16(13-5-1-2-6-13)10-9-14-11-12-18(17-14)15-7-3-4-8-15/h11-13,15-16,19H,1-10H2. The number of hydrogen-bond donors (Lipinski definition) is 1. The van der Waals surface area contributed by atoms with E-state index in [9.17, 15) is 5.11 Å². The van der Waals surface area contributed by atoms with Crippen LogP contribution in [-0.4, -0.2) is 21.0 Å². The van der Waals surface area contributed by atoms with Gasteiger partial charge in [-0.1, -0.05) is 25.7 Å². The molecule has 2 saturated carbocycles. The number of nitrogens with zero attached hydrogens (tertiary/aromatic N) is 2. The smallest absolute Gasteiger partial charge is 0.0625 e. The van der Waals surface area contributed by atoms with Crippen molar-refractivity contribution in [3.63, 3.8) is 0 Å². The highest BCUT2D eigenvalue weighted by Crippen LogP contribution is 2.30. The summed E-state index contributed by atoms with van der Waals surface area (Å²) in [5, 5.41) is 14.9. The van der Waals surface area contributed by atoms with Crippen LogP contribution in [0.3, 0.4) is 0 Å². The molecule has 1 aromatic heterocycles. The van der Waals surface area contributed by atoms with Crippen LogP contribution >= 0.6 is 0 Å². The molecule has 0 saturated heterocycles. The molecule has 3 heteroatoms. The summed E-state index contributed by atoms with van der Waals surface area (Å²) in [7, 11) is 0. The van der Waals surface area contributed by atoms with Crippen molar-refractivity contribution in [1.82, 2.24) is 9.78 Å². The molecule has 1 aromatic rings. The van der Waals surface area contributed by atoms with E-state index in [0.717, 1.165) is 18.5 Å². The molecular formula is C16H26N2O. The Morgan fingerprint density at radius 3 is 2.58 bits per heavy atom. The Labute approximate surface area is 116 Å². The van der Waals surface area contributed by atoms with E-state index in [2.05, 4.69) is 16.9 Å². The molecule has 0 aliphatic heterocycles. The predicted molar refractivity (Wildman–Crippen MR) is 76.0 cm³/mol. The third-order valence-corrected chi connectivity index (χ3v) is 5.00. The van der Waals surface area contributed by atoms with Crippen molar-refractivity contribution in [2.24, 2.45) is 5.92 Å². The molecule has 0 aromatic carbocycles. The van der Waals surface area contributed by atoms with Gasteiger partial charge in [-0.25, -0.2) is 0 Å². The van der Waals surface area contributed by atoms with Crippen molar-refractivity contribution in [2.75, 3.05) is 0 Å². The maximum absolute atomic E-state index is 10.2. The van der Waals surface area contributed by atoms with Crippen molar-refractivity contribution < 1.29 is 5.11 Å². The quantitative estimate of drug-likeness (QED) is 0.882. The van der Waals surface area contributed by atoms with Gasteiger partial charge in [0.2, 0.25) is 0 Å². The number of aliphatic hydroxyl groups excluding tert-OH is 1. The van der Waals surface area contributed by atoms with Gasteiger partial charge < -0.3 is 5.11 Å². The summed E-state index contributed by atoms with van der Waals surface area (Å²) in [5.41, 5.74) is 1.16. The third-order valence-electron chi connectivity index (χ3n) is 5.00. The van der Waals surface area contributed by atoms with Crippen LogP contribution < -0.4 is 0 Å². The largest absolute Gasteiger partial charge is 0.393 e. The summed E-state index contributed by atoms with van der Waals surface area (Å²) in [6.45, 7) is 0. The highest BCUT2D eigenvalue weighted by Gasteiger charge is 2.23. The number of aliphatic hydroxyl groups is 1. The number of aryl methyl sites for hydroxylation is 1. The van der Waals surface area contributed by atoms with Crippen LogP contribution in [0, 0.1) is 5.92 Å². The molecule has 106 valence electrons. The molecule has 2 fully saturated rings. The zero-order valence-electron chi connectivity index (χ0n) is 11.8. The Morgan fingerprint density at radius 2 is 1.84 bits per heavy atom. The summed E-state index contributed by atoms with van der Waals surface area (Å²) in [5.74, 6) is 0.553. The van der Waals surface area contributed by atoms with Crippen molar-refractivity contribution in [3.8, 4) is 0 Å². The zero-order valence-corrected chi connectivity index (χ0v) is 11.8. The van der Waals surface area contributed by atoms with Crippen LogP contribution in [0.5, 0.6) is 0 Å². The topological polar surface area (TPSA) is 38.0 Å². The fourth-order valence-electron chi connectivity index (χ4n) is 3.76. The van der Waals surface area contributed by atoms with Crippen LogP contribution in [-0.2, 0) is 6.42 Å². The first-order chi connectivity index (χ1) is 9.33. The monoisotopic (exact) mass is 262 g/mol. The average Bonchev–Trinajstić information content (AvgIpc) is 3.14. The van der Waals surface area contributed by atoms with E-state index in [1.165, 1.54) is 51.4 Å². The summed E-state index contributed by atoms with van der Waals surface area (Å²) < 4.78 is 2.16. The Balaban J connectivity index is 1.49. The van der Waals surface area contributed by atoms with E-state index < -0.39 is 0 Å². The van der Waals surface area contributed by atoms with Gasteiger partial charge in [0.15, 0.2) is 0 Å². The molecule has 0 amide bonds. The lowest BCUT2D eigenvalue weighted by molar-refractivity contribution is 0.102. The SMILES string of the molecule is OC(CCc1ccn(C2CCCC2)n1)C1CCCC1. The lowest BCUT2D eigenvalue weighted by atomic mass is 9.96. The van der Waals surface area contributed by atoms with Crippen LogP contribution in [0.1, 0.15) is 69.5 Å². The summed E-state index contributed by atoms with van der Waals surface area (Å²) in [6, 6.07) is 2.77. The zero-order chi connectivity index (χ0) is 13.1.